The van der Waals surface area contributed by atoms with Crippen molar-refractivity contribution >= 4 is 0 Å². The van der Waals surface area contributed by atoms with Crippen molar-refractivity contribution in [2.24, 2.45) is 0 Å². The van der Waals surface area contributed by atoms with Gasteiger partial charge in [0.2, 0.25) is 5.79 Å². The van der Waals surface area contributed by atoms with Crippen LogP contribution in [0.5, 0.6) is 0 Å². The van der Waals surface area contributed by atoms with Crippen molar-refractivity contribution in [1.29, 1.82) is 0 Å². The molecule has 1 N–H and O–H groups in total. The van der Waals surface area contributed by atoms with Crippen LogP contribution in [0.4, 0.5) is 0 Å². The molecule has 3 fully saturated rings. The van der Waals surface area contributed by atoms with Crippen LogP contribution in [0.15, 0.2) is 0 Å². The third-order valence-electron chi connectivity index (χ3n) is 4.57. The van der Waals surface area contributed by atoms with Gasteiger partial charge in [-0.1, -0.05) is 6.92 Å². The standard InChI is InChI=1S/C16H28O6/c1-6-10(17)7-8-16-13(21-15(4,5)22-16)12-11(9-18-16)19-14(2,3)20-12/h10-13,17H,6-9H2,1-5H3/t10-,11+,12+,13-,16-/m0/s1. The summed E-state index contributed by atoms with van der Waals surface area (Å²) >= 11 is 0. The molecule has 3 aliphatic heterocycles. The summed E-state index contributed by atoms with van der Waals surface area (Å²) in [5.41, 5.74) is 0. The Hall–Kier alpha value is -0.240. The molecule has 0 radical (unpaired) electrons. The highest BCUT2D eigenvalue weighted by Crippen LogP contribution is 2.49. The fraction of sp³-hybridized carbons (Fsp3) is 1.00. The zero-order valence-electron chi connectivity index (χ0n) is 14.1. The summed E-state index contributed by atoms with van der Waals surface area (Å²) in [5.74, 6) is -2.26. The summed E-state index contributed by atoms with van der Waals surface area (Å²) in [6, 6.07) is 0. The van der Waals surface area contributed by atoms with E-state index in [0.29, 0.717) is 25.9 Å². The van der Waals surface area contributed by atoms with Crippen molar-refractivity contribution in [1.82, 2.24) is 0 Å². The number of fused-ring (bicyclic) bond motifs is 3. The van der Waals surface area contributed by atoms with Crippen molar-refractivity contribution in [2.75, 3.05) is 6.61 Å². The van der Waals surface area contributed by atoms with E-state index in [1.54, 1.807) is 0 Å². The zero-order valence-corrected chi connectivity index (χ0v) is 14.1. The summed E-state index contributed by atoms with van der Waals surface area (Å²) in [7, 11) is 0. The largest absolute Gasteiger partial charge is 0.393 e. The average Bonchev–Trinajstić information content (AvgIpc) is 2.87. The number of ether oxygens (including phenoxy) is 5. The van der Waals surface area contributed by atoms with E-state index < -0.39 is 17.4 Å². The molecule has 5 atom stereocenters. The van der Waals surface area contributed by atoms with Gasteiger partial charge in [-0.15, -0.1) is 0 Å². The summed E-state index contributed by atoms with van der Waals surface area (Å²) in [6.07, 6.45) is 0.805. The van der Waals surface area contributed by atoms with Crippen LogP contribution in [0, 0.1) is 0 Å². The van der Waals surface area contributed by atoms with E-state index in [-0.39, 0.29) is 24.4 Å². The van der Waals surface area contributed by atoms with Crippen molar-refractivity contribution in [3.05, 3.63) is 0 Å². The maximum Gasteiger partial charge on any atom is 0.200 e. The molecule has 0 aliphatic carbocycles. The molecule has 0 aromatic rings. The zero-order chi connectivity index (χ0) is 16.2. The molecule has 3 heterocycles. The van der Waals surface area contributed by atoms with Gasteiger partial charge in [-0.05, 0) is 40.5 Å². The molecule has 0 spiro atoms. The number of aliphatic hydroxyl groups excluding tert-OH is 1. The number of aliphatic hydroxyl groups is 1. The monoisotopic (exact) mass is 316 g/mol. The quantitative estimate of drug-likeness (QED) is 0.855. The number of hydrogen-bond acceptors (Lipinski definition) is 6. The highest BCUT2D eigenvalue weighted by molar-refractivity contribution is 5.03. The molecule has 128 valence electrons. The number of hydrogen-bond donors (Lipinski definition) is 1. The molecule has 22 heavy (non-hydrogen) atoms. The summed E-state index contributed by atoms with van der Waals surface area (Å²) in [4.78, 5) is 0. The second-order valence-corrected chi connectivity index (χ2v) is 7.40. The van der Waals surface area contributed by atoms with Crippen LogP contribution in [0.3, 0.4) is 0 Å². The van der Waals surface area contributed by atoms with Crippen LogP contribution in [-0.2, 0) is 23.7 Å². The molecule has 3 saturated heterocycles. The fourth-order valence-corrected chi connectivity index (χ4v) is 3.63. The van der Waals surface area contributed by atoms with Crippen molar-refractivity contribution < 1.29 is 28.8 Å². The molecule has 0 amide bonds. The maximum absolute atomic E-state index is 9.90. The smallest absolute Gasteiger partial charge is 0.200 e. The van der Waals surface area contributed by atoms with Crippen molar-refractivity contribution in [3.8, 4) is 0 Å². The molecule has 3 aliphatic rings. The predicted octanol–water partition coefficient (Wildman–Crippen LogP) is 1.94. The fourth-order valence-electron chi connectivity index (χ4n) is 3.63. The Morgan fingerprint density at radius 2 is 1.82 bits per heavy atom. The first kappa shape index (κ1) is 16.6. The second-order valence-electron chi connectivity index (χ2n) is 7.40. The molecule has 0 aromatic heterocycles. The third kappa shape index (κ3) is 2.92. The minimum Gasteiger partial charge on any atom is -0.393 e. The Morgan fingerprint density at radius 1 is 1.09 bits per heavy atom. The average molecular weight is 316 g/mol. The van der Waals surface area contributed by atoms with E-state index in [9.17, 15) is 5.11 Å². The lowest BCUT2D eigenvalue weighted by molar-refractivity contribution is -0.285. The minimum absolute atomic E-state index is 0.151. The lowest BCUT2D eigenvalue weighted by Gasteiger charge is -2.41. The molecule has 3 rings (SSSR count). The van der Waals surface area contributed by atoms with E-state index in [1.165, 1.54) is 0 Å². The van der Waals surface area contributed by atoms with Crippen LogP contribution < -0.4 is 0 Å². The van der Waals surface area contributed by atoms with Crippen molar-refractivity contribution in [3.63, 3.8) is 0 Å². The summed E-state index contributed by atoms with van der Waals surface area (Å²) in [5, 5.41) is 9.90. The Kier molecular flexibility index (Phi) is 4.07. The first-order valence-corrected chi connectivity index (χ1v) is 8.22. The lowest BCUT2D eigenvalue weighted by Crippen LogP contribution is -2.58. The van der Waals surface area contributed by atoms with Gasteiger partial charge < -0.3 is 28.8 Å². The van der Waals surface area contributed by atoms with Crippen LogP contribution in [-0.4, -0.2) is 53.5 Å². The molecule has 0 saturated carbocycles. The first-order valence-electron chi connectivity index (χ1n) is 8.22. The molecule has 6 nitrogen and oxygen atoms in total. The molecule has 6 heteroatoms. The van der Waals surface area contributed by atoms with Gasteiger partial charge >= 0.3 is 0 Å². The molecular weight excluding hydrogens is 288 g/mol. The normalized spacial score (nSPS) is 43.6. The lowest BCUT2D eigenvalue weighted by atomic mass is 9.92. The SMILES string of the molecule is CC[C@H](O)CC[C@@]12OC[C@H]3OC(C)(C)O[C@H]3[C@@H]1OC(C)(C)O2. The van der Waals surface area contributed by atoms with Gasteiger partial charge in [-0.25, -0.2) is 0 Å². The molecule has 0 unspecified atom stereocenters. The number of rotatable bonds is 4. The van der Waals surface area contributed by atoms with Gasteiger partial charge in [0.05, 0.1) is 12.7 Å². The second kappa shape index (κ2) is 5.40. The van der Waals surface area contributed by atoms with E-state index in [1.807, 2.05) is 34.6 Å². The van der Waals surface area contributed by atoms with Gasteiger partial charge in [-0.2, -0.15) is 0 Å². The van der Waals surface area contributed by atoms with E-state index in [0.717, 1.165) is 0 Å². The highest BCUT2D eigenvalue weighted by atomic mass is 16.9. The minimum atomic E-state index is -0.870. The van der Waals surface area contributed by atoms with E-state index in [4.69, 9.17) is 23.7 Å². The Balaban J connectivity index is 1.81. The molecule has 0 aromatic carbocycles. The van der Waals surface area contributed by atoms with Crippen LogP contribution in [0.1, 0.15) is 53.9 Å². The van der Waals surface area contributed by atoms with Gasteiger partial charge in [0.25, 0.3) is 0 Å². The Labute approximate surface area is 132 Å². The predicted molar refractivity (Wildman–Crippen MR) is 78.1 cm³/mol. The summed E-state index contributed by atoms with van der Waals surface area (Å²) in [6.45, 7) is 9.92. The molecular formula is C16H28O6. The molecule has 0 bridgehead atoms. The van der Waals surface area contributed by atoms with Crippen LogP contribution >= 0.6 is 0 Å². The summed E-state index contributed by atoms with van der Waals surface area (Å²) < 4.78 is 30.2. The van der Waals surface area contributed by atoms with Crippen LogP contribution in [0.25, 0.3) is 0 Å². The van der Waals surface area contributed by atoms with Gasteiger partial charge in [0.15, 0.2) is 11.6 Å². The Morgan fingerprint density at radius 3 is 2.50 bits per heavy atom. The van der Waals surface area contributed by atoms with Gasteiger partial charge in [-0.3, -0.25) is 0 Å². The van der Waals surface area contributed by atoms with Crippen LogP contribution in [0.2, 0.25) is 0 Å². The van der Waals surface area contributed by atoms with Crippen molar-refractivity contribution in [2.45, 2.75) is 95.7 Å². The van der Waals surface area contributed by atoms with E-state index in [2.05, 4.69) is 0 Å². The third-order valence-corrected chi connectivity index (χ3v) is 4.57. The highest BCUT2D eigenvalue weighted by Gasteiger charge is 2.64. The first-order chi connectivity index (χ1) is 10.2. The van der Waals surface area contributed by atoms with Gasteiger partial charge in [0, 0.05) is 6.42 Å². The topological polar surface area (TPSA) is 66.4 Å². The Bertz CT molecular complexity index is 423. The van der Waals surface area contributed by atoms with E-state index >= 15 is 0 Å². The van der Waals surface area contributed by atoms with Gasteiger partial charge in [0.1, 0.15) is 18.3 Å². The maximum atomic E-state index is 9.90.